The fraction of sp³-hybridized carbons (Fsp3) is 0.636. The summed E-state index contributed by atoms with van der Waals surface area (Å²) in [5, 5.41) is 11.7. The van der Waals surface area contributed by atoms with Crippen molar-refractivity contribution in [2.24, 2.45) is 36.6 Å². The van der Waals surface area contributed by atoms with Crippen molar-refractivity contribution >= 4 is 5.91 Å². The van der Waals surface area contributed by atoms with Gasteiger partial charge in [0.1, 0.15) is 5.69 Å². The second kappa shape index (κ2) is 8.13. The molecule has 29 heavy (non-hydrogen) atoms. The highest BCUT2D eigenvalue weighted by Crippen LogP contribution is 2.39. The van der Waals surface area contributed by atoms with Crippen LogP contribution in [0.3, 0.4) is 0 Å². The Balaban J connectivity index is 1.44. The van der Waals surface area contributed by atoms with Crippen LogP contribution in [0.25, 0.3) is 11.6 Å². The molecule has 1 fully saturated rings. The molecule has 1 N–H and O–H groups in total. The number of amides is 1. The molecular formula is C22H31N5O2. The summed E-state index contributed by atoms with van der Waals surface area (Å²) >= 11 is 0. The molecule has 2 aromatic heterocycles. The number of carbonyl (C=O) groups excluding carboxylic acids is 1. The third-order valence-electron chi connectivity index (χ3n) is 6.47. The van der Waals surface area contributed by atoms with Gasteiger partial charge in [-0.3, -0.25) is 4.79 Å². The number of hydrogen-bond donors (Lipinski definition) is 1. The standard InChI is InChI=1S/C22H31N5O2/c1-13(2)18-8-16(14(3)7-17(18)10-24-21(28)15-5-6-15)9-20-25-26-22(29-20)19-11-23-12-27(19)4/h7,11-13,15-18H,5-6,8-10H2,1-4H3,(H,24,28)/t16-,17-,18-/m0/s1. The van der Waals surface area contributed by atoms with Crippen LogP contribution < -0.4 is 5.32 Å². The van der Waals surface area contributed by atoms with Crippen molar-refractivity contribution in [2.75, 3.05) is 6.54 Å². The maximum Gasteiger partial charge on any atom is 0.265 e. The summed E-state index contributed by atoms with van der Waals surface area (Å²) in [4.78, 5) is 16.2. The van der Waals surface area contributed by atoms with Crippen molar-refractivity contribution in [1.29, 1.82) is 0 Å². The van der Waals surface area contributed by atoms with Crippen LogP contribution in [0, 0.1) is 29.6 Å². The molecule has 4 rings (SSSR count). The first-order valence-corrected chi connectivity index (χ1v) is 10.7. The zero-order chi connectivity index (χ0) is 20.5. The summed E-state index contributed by atoms with van der Waals surface area (Å²) in [6, 6.07) is 0. The van der Waals surface area contributed by atoms with E-state index < -0.39 is 0 Å². The summed E-state index contributed by atoms with van der Waals surface area (Å²) in [7, 11) is 1.91. The third-order valence-corrected chi connectivity index (χ3v) is 6.47. The van der Waals surface area contributed by atoms with Crippen LogP contribution in [0.15, 0.2) is 28.6 Å². The number of aromatic nitrogens is 4. The fourth-order valence-electron chi connectivity index (χ4n) is 4.43. The number of hydrogen-bond acceptors (Lipinski definition) is 5. The number of carbonyl (C=O) groups is 1. The van der Waals surface area contributed by atoms with Gasteiger partial charge in [-0.15, -0.1) is 10.2 Å². The van der Waals surface area contributed by atoms with Crippen LogP contribution >= 0.6 is 0 Å². The van der Waals surface area contributed by atoms with E-state index in [1.165, 1.54) is 5.57 Å². The average molecular weight is 398 g/mol. The predicted octanol–water partition coefficient (Wildman–Crippen LogP) is 3.39. The zero-order valence-corrected chi connectivity index (χ0v) is 17.8. The molecule has 0 radical (unpaired) electrons. The molecule has 0 aromatic carbocycles. The lowest BCUT2D eigenvalue weighted by Gasteiger charge is -2.37. The maximum absolute atomic E-state index is 12.1. The molecule has 2 heterocycles. The number of rotatable bonds is 7. The van der Waals surface area contributed by atoms with Gasteiger partial charge in [0.05, 0.1) is 12.5 Å². The minimum Gasteiger partial charge on any atom is -0.419 e. The second-order valence-electron chi connectivity index (χ2n) is 9.03. The SMILES string of the molecule is CC1=C[C@@H](CNC(=O)C2CC2)[C@H](C(C)C)C[C@H]1Cc1nnc(-c2cncn2C)o1. The molecule has 1 saturated carbocycles. The van der Waals surface area contributed by atoms with Gasteiger partial charge in [-0.1, -0.05) is 25.5 Å². The average Bonchev–Trinajstić information content (AvgIpc) is 3.30. The number of nitrogens with one attached hydrogen (secondary N) is 1. The molecule has 0 spiro atoms. The van der Waals surface area contributed by atoms with Crippen molar-refractivity contribution in [3.05, 3.63) is 30.1 Å². The van der Waals surface area contributed by atoms with Gasteiger partial charge in [0.2, 0.25) is 11.8 Å². The lowest BCUT2D eigenvalue weighted by atomic mass is 9.70. The lowest BCUT2D eigenvalue weighted by Crippen LogP contribution is -2.37. The Morgan fingerprint density at radius 1 is 1.34 bits per heavy atom. The van der Waals surface area contributed by atoms with E-state index in [1.807, 2.05) is 11.6 Å². The first kappa shape index (κ1) is 19.9. The lowest BCUT2D eigenvalue weighted by molar-refractivity contribution is -0.122. The van der Waals surface area contributed by atoms with E-state index in [0.29, 0.717) is 35.5 Å². The summed E-state index contributed by atoms with van der Waals surface area (Å²) < 4.78 is 7.80. The first-order valence-electron chi connectivity index (χ1n) is 10.7. The first-order chi connectivity index (χ1) is 13.9. The molecule has 0 aliphatic heterocycles. The normalized spacial score (nSPS) is 24.6. The molecule has 1 amide bonds. The second-order valence-corrected chi connectivity index (χ2v) is 9.03. The molecule has 2 aliphatic rings. The molecular weight excluding hydrogens is 366 g/mol. The Hall–Kier alpha value is -2.44. The van der Waals surface area contributed by atoms with E-state index in [2.05, 4.69) is 47.3 Å². The van der Waals surface area contributed by atoms with E-state index in [1.54, 1.807) is 12.5 Å². The van der Waals surface area contributed by atoms with Crippen LogP contribution in [-0.2, 0) is 18.3 Å². The quantitative estimate of drug-likeness (QED) is 0.724. The Bertz CT molecular complexity index is 893. The molecule has 0 saturated heterocycles. The van der Waals surface area contributed by atoms with Crippen molar-refractivity contribution in [1.82, 2.24) is 25.1 Å². The highest BCUT2D eigenvalue weighted by atomic mass is 16.4. The van der Waals surface area contributed by atoms with Crippen molar-refractivity contribution in [3.63, 3.8) is 0 Å². The molecule has 3 atom stereocenters. The van der Waals surface area contributed by atoms with Gasteiger partial charge in [0.25, 0.3) is 5.89 Å². The largest absolute Gasteiger partial charge is 0.419 e. The van der Waals surface area contributed by atoms with Crippen LogP contribution in [0.5, 0.6) is 0 Å². The summed E-state index contributed by atoms with van der Waals surface area (Å²) in [6.45, 7) is 7.49. The summed E-state index contributed by atoms with van der Waals surface area (Å²) in [6.07, 6.45) is 9.74. The molecule has 0 bridgehead atoms. The highest BCUT2D eigenvalue weighted by Gasteiger charge is 2.34. The minimum atomic E-state index is 0.231. The predicted molar refractivity (Wildman–Crippen MR) is 110 cm³/mol. The highest BCUT2D eigenvalue weighted by molar-refractivity contribution is 5.80. The van der Waals surface area contributed by atoms with Crippen LogP contribution in [-0.4, -0.2) is 32.2 Å². The monoisotopic (exact) mass is 397 g/mol. The van der Waals surface area contributed by atoms with E-state index in [-0.39, 0.29) is 11.8 Å². The maximum atomic E-state index is 12.1. The number of imidazole rings is 1. The molecule has 7 heteroatoms. The van der Waals surface area contributed by atoms with Gasteiger partial charge in [0, 0.05) is 25.9 Å². The number of nitrogens with zero attached hydrogens (tertiary/aromatic N) is 4. The van der Waals surface area contributed by atoms with E-state index in [0.717, 1.165) is 37.9 Å². The number of allylic oxidation sites excluding steroid dienone is 1. The smallest absolute Gasteiger partial charge is 0.265 e. The third kappa shape index (κ3) is 4.43. The molecule has 7 nitrogen and oxygen atoms in total. The molecule has 0 unspecified atom stereocenters. The Labute approximate surface area is 172 Å². The van der Waals surface area contributed by atoms with Crippen LogP contribution in [0.2, 0.25) is 0 Å². The van der Waals surface area contributed by atoms with E-state index in [4.69, 9.17) is 4.42 Å². The summed E-state index contributed by atoms with van der Waals surface area (Å²) in [5.74, 6) is 3.54. The summed E-state index contributed by atoms with van der Waals surface area (Å²) in [5.41, 5.74) is 2.18. The van der Waals surface area contributed by atoms with Gasteiger partial charge >= 0.3 is 0 Å². The van der Waals surface area contributed by atoms with Crippen molar-refractivity contribution in [3.8, 4) is 11.6 Å². The van der Waals surface area contributed by atoms with E-state index in [9.17, 15) is 4.79 Å². The van der Waals surface area contributed by atoms with Gasteiger partial charge < -0.3 is 14.3 Å². The van der Waals surface area contributed by atoms with Gasteiger partial charge in [-0.05, 0) is 49.9 Å². The topological polar surface area (TPSA) is 85.8 Å². The van der Waals surface area contributed by atoms with Crippen LogP contribution in [0.1, 0.15) is 45.9 Å². The minimum absolute atomic E-state index is 0.231. The van der Waals surface area contributed by atoms with Gasteiger partial charge in [-0.2, -0.15) is 0 Å². The van der Waals surface area contributed by atoms with Gasteiger partial charge in [-0.25, -0.2) is 4.98 Å². The van der Waals surface area contributed by atoms with Crippen molar-refractivity contribution < 1.29 is 9.21 Å². The Morgan fingerprint density at radius 2 is 2.14 bits per heavy atom. The van der Waals surface area contributed by atoms with Crippen LogP contribution in [0.4, 0.5) is 0 Å². The van der Waals surface area contributed by atoms with Gasteiger partial charge in [0.15, 0.2) is 0 Å². The van der Waals surface area contributed by atoms with E-state index >= 15 is 0 Å². The Kier molecular flexibility index (Phi) is 5.56. The molecule has 2 aromatic rings. The molecule has 2 aliphatic carbocycles. The number of aryl methyl sites for hydroxylation is 1. The van der Waals surface area contributed by atoms with Crippen molar-refractivity contribution in [2.45, 2.75) is 46.5 Å². The fourth-order valence-corrected chi connectivity index (χ4v) is 4.43. The zero-order valence-electron chi connectivity index (χ0n) is 17.8. The molecule has 156 valence electrons. The Morgan fingerprint density at radius 3 is 2.79 bits per heavy atom.